The van der Waals surface area contributed by atoms with Crippen molar-refractivity contribution in [2.45, 2.75) is 244 Å². The quantitative estimate of drug-likeness (QED) is 0.0240. The molecule has 0 rings (SSSR count). The van der Waals surface area contributed by atoms with E-state index >= 15 is 0 Å². The number of phosphoric acid groups is 1. The topological polar surface area (TPSA) is 128 Å². The molecule has 4 atom stereocenters. The molecule has 9 nitrogen and oxygen atoms in total. The number of unbranched alkanes of at least 4 members (excludes halogenated alkanes) is 22. The number of allylic oxidation sites excluding steroid dienone is 14. The number of phosphoric ester groups is 1. The van der Waals surface area contributed by atoms with Crippen LogP contribution in [-0.2, 0) is 18.4 Å². The highest BCUT2D eigenvalue weighted by Gasteiger charge is 2.29. The first kappa shape index (κ1) is 66.6. The highest BCUT2D eigenvalue weighted by molar-refractivity contribution is 7.45. The monoisotopic (exact) mass is 987 g/mol. The van der Waals surface area contributed by atoms with Gasteiger partial charge < -0.3 is 34.0 Å². The maximum atomic E-state index is 13.0. The predicted molar refractivity (Wildman–Crippen MR) is 294 cm³/mol. The molecule has 0 aliphatic rings. The Morgan fingerprint density at radius 2 is 0.913 bits per heavy atom. The third kappa shape index (κ3) is 50.4. The van der Waals surface area contributed by atoms with Gasteiger partial charge in [-0.1, -0.05) is 214 Å². The Morgan fingerprint density at radius 1 is 0.536 bits per heavy atom. The van der Waals surface area contributed by atoms with Crippen molar-refractivity contribution in [2.75, 3.05) is 40.9 Å². The number of nitrogens with zero attached hydrogens (tertiary/aromatic N) is 1. The summed E-state index contributed by atoms with van der Waals surface area (Å²) in [5.74, 6) is -0.292. The Kier molecular flexibility index (Phi) is 47.5. The van der Waals surface area contributed by atoms with Crippen LogP contribution in [0.5, 0.6) is 0 Å². The van der Waals surface area contributed by atoms with Gasteiger partial charge in [-0.3, -0.25) is 9.36 Å². The number of aliphatic hydroxyl groups excluding tert-OH is 2. The van der Waals surface area contributed by atoms with Gasteiger partial charge in [-0.15, -0.1) is 0 Å². The Labute approximate surface area is 425 Å². The van der Waals surface area contributed by atoms with Crippen molar-refractivity contribution in [3.05, 3.63) is 85.1 Å². The van der Waals surface area contributed by atoms with Gasteiger partial charge in [0, 0.05) is 6.42 Å². The van der Waals surface area contributed by atoms with Crippen molar-refractivity contribution >= 4 is 13.7 Å². The van der Waals surface area contributed by atoms with Gasteiger partial charge in [0.1, 0.15) is 19.3 Å². The van der Waals surface area contributed by atoms with E-state index in [1.54, 1.807) is 0 Å². The molecule has 0 aromatic carbocycles. The first-order valence-corrected chi connectivity index (χ1v) is 29.5. The average Bonchev–Trinajstić information content (AvgIpc) is 3.31. The van der Waals surface area contributed by atoms with Gasteiger partial charge in [0.15, 0.2) is 0 Å². The zero-order valence-electron chi connectivity index (χ0n) is 45.1. The number of nitrogens with one attached hydrogen (secondary N) is 1. The molecule has 0 fully saturated rings. The second kappa shape index (κ2) is 49.2. The molecule has 0 heterocycles. The lowest BCUT2D eigenvalue weighted by atomic mass is 10.0. The van der Waals surface area contributed by atoms with Crippen molar-refractivity contribution in [3.63, 3.8) is 0 Å². The zero-order valence-corrected chi connectivity index (χ0v) is 46.0. The highest BCUT2D eigenvalue weighted by atomic mass is 31.2. The van der Waals surface area contributed by atoms with Gasteiger partial charge in [-0.25, -0.2) is 0 Å². The number of hydrogen-bond donors (Lipinski definition) is 3. The molecule has 0 saturated carbocycles. The van der Waals surface area contributed by atoms with Crippen LogP contribution in [0.1, 0.15) is 226 Å². The summed E-state index contributed by atoms with van der Waals surface area (Å²) in [6, 6.07) is -1.09. The summed E-state index contributed by atoms with van der Waals surface area (Å²) in [5.41, 5.74) is 0. The molecular formula is C59H107N2O7P. The Hall–Kier alpha value is -2.36. The largest absolute Gasteiger partial charge is 0.756 e. The summed E-state index contributed by atoms with van der Waals surface area (Å²) in [6.45, 7) is 4.29. The first-order valence-electron chi connectivity index (χ1n) is 28.0. The maximum Gasteiger partial charge on any atom is 0.268 e. The molecule has 4 unspecified atom stereocenters. The van der Waals surface area contributed by atoms with Gasteiger partial charge in [-0.2, -0.15) is 0 Å². The van der Waals surface area contributed by atoms with E-state index in [0.717, 1.165) is 70.6 Å². The number of quaternary nitrogens is 1. The van der Waals surface area contributed by atoms with E-state index in [-0.39, 0.29) is 18.9 Å². The van der Waals surface area contributed by atoms with Gasteiger partial charge in [0.25, 0.3) is 7.82 Å². The SMILES string of the molecule is CC/C=C\C/C=C\C/C=C\C/C=C\C/C=C\C/C=C\CCCCCCCCCCCCCCCCC(=O)NC(COP(=O)([O-])OCC[N+](C)(C)C)C(O)C(O)CCC/C=C/CCCCCCCCC. The maximum absolute atomic E-state index is 13.0. The highest BCUT2D eigenvalue weighted by Crippen LogP contribution is 2.38. The molecule has 69 heavy (non-hydrogen) atoms. The van der Waals surface area contributed by atoms with Crippen LogP contribution in [0.4, 0.5) is 0 Å². The summed E-state index contributed by atoms with van der Waals surface area (Å²) in [7, 11) is 1.10. The molecule has 3 N–H and O–H groups in total. The molecule has 400 valence electrons. The van der Waals surface area contributed by atoms with Crippen LogP contribution in [-0.4, -0.2) is 79.8 Å². The molecule has 10 heteroatoms. The lowest BCUT2D eigenvalue weighted by Crippen LogP contribution is -2.51. The number of rotatable bonds is 50. The smallest absolute Gasteiger partial charge is 0.268 e. The number of likely N-dealkylation sites (N-methyl/N-ethyl adjacent to an activating group) is 1. The minimum absolute atomic E-state index is 0.0489. The second-order valence-electron chi connectivity index (χ2n) is 20.0. The van der Waals surface area contributed by atoms with Crippen molar-refractivity contribution < 1.29 is 38.0 Å². The van der Waals surface area contributed by atoms with Crippen molar-refractivity contribution in [1.82, 2.24) is 5.32 Å². The van der Waals surface area contributed by atoms with Crippen molar-refractivity contribution in [3.8, 4) is 0 Å². The fourth-order valence-electron chi connectivity index (χ4n) is 7.79. The normalized spacial score (nSPS) is 15.1. The van der Waals surface area contributed by atoms with Crippen LogP contribution < -0.4 is 10.2 Å². The molecule has 0 aliphatic heterocycles. The van der Waals surface area contributed by atoms with Crippen LogP contribution in [0.2, 0.25) is 0 Å². The van der Waals surface area contributed by atoms with Gasteiger partial charge >= 0.3 is 0 Å². The van der Waals surface area contributed by atoms with E-state index in [2.05, 4.69) is 104 Å². The summed E-state index contributed by atoms with van der Waals surface area (Å²) in [4.78, 5) is 25.5. The molecule has 0 aromatic heterocycles. The molecule has 0 aromatic rings. The number of carbonyl (C=O) groups excluding carboxylic acids is 1. The number of hydrogen-bond acceptors (Lipinski definition) is 7. The van der Waals surface area contributed by atoms with E-state index in [1.807, 2.05) is 21.1 Å². The molecule has 1 amide bonds. The van der Waals surface area contributed by atoms with E-state index in [1.165, 1.54) is 116 Å². The zero-order chi connectivity index (χ0) is 50.8. The van der Waals surface area contributed by atoms with Crippen LogP contribution in [0.3, 0.4) is 0 Å². The minimum Gasteiger partial charge on any atom is -0.756 e. The van der Waals surface area contributed by atoms with Crippen LogP contribution >= 0.6 is 7.82 Å². The number of carbonyl (C=O) groups is 1. The van der Waals surface area contributed by atoms with E-state index in [9.17, 15) is 24.5 Å². The Morgan fingerprint density at radius 3 is 1.35 bits per heavy atom. The molecular weight excluding hydrogens is 880 g/mol. The lowest BCUT2D eigenvalue weighted by molar-refractivity contribution is -0.870. The first-order chi connectivity index (χ1) is 33.4. The third-order valence-corrected chi connectivity index (χ3v) is 13.2. The fourth-order valence-corrected chi connectivity index (χ4v) is 8.51. The number of amides is 1. The van der Waals surface area contributed by atoms with Crippen LogP contribution in [0.15, 0.2) is 85.1 Å². The fraction of sp³-hybridized carbons (Fsp3) is 0.746. The lowest BCUT2D eigenvalue weighted by Gasteiger charge is -2.31. The van der Waals surface area contributed by atoms with Crippen LogP contribution in [0, 0.1) is 0 Å². The summed E-state index contributed by atoms with van der Waals surface area (Å²) in [5, 5.41) is 24.7. The van der Waals surface area contributed by atoms with E-state index in [0.29, 0.717) is 30.3 Å². The second-order valence-corrected chi connectivity index (χ2v) is 21.4. The predicted octanol–water partition coefficient (Wildman–Crippen LogP) is 15.2. The standard InChI is InChI=1S/C59H107N2O7P/c1-6-8-10-12-14-16-18-20-21-22-23-24-25-26-27-28-29-30-31-32-33-34-35-36-37-38-39-40-42-44-46-48-50-52-58(63)60-56(55-68-69(65,66)67-54-53-61(3,4)5)59(64)57(62)51-49-47-45-43-41-19-17-15-13-11-9-7-2/h8,10,14,16,20-21,23-24,26-27,29-30,43,45,56-57,59,62,64H,6-7,9,11-13,15,17-19,22,25,28,31-42,44,46-55H2,1-5H3,(H-,60,63,65,66)/b10-8-,16-14-,21-20-,24-23-,27-26-,30-29-,45-43+. The van der Waals surface area contributed by atoms with Crippen molar-refractivity contribution in [1.29, 1.82) is 0 Å². The Balaban J connectivity index is 4.16. The van der Waals surface area contributed by atoms with Gasteiger partial charge in [-0.05, 0) is 89.9 Å². The summed E-state index contributed by atoms with van der Waals surface area (Å²) < 4.78 is 23.2. The van der Waals surface area contributed by atoms with Gasteiger partial charge in [0.2, 0.25) is 5.91 Å². The van der Waals surface area contributed by atoms with Gasteiger partial charge in [0.05, 0.1) is 39.9 Å². The molecule has 0 bridgehead atoms. The summed E-state index contributed by atoms with van der Waals surface area (Å²) >= 11 is 0. The van der Waals surface area contributed by atoms with E-state index in [4.69, 9.17) is 9.05 Å². The average molecular weight is 987 g/mol. The van der Waals surface area contributed by atoms with E-state index < -0.39 is 32.7 Å². The molecule has 0 aliphatic carbocycles. The number of aliphatic hydroxyl groups is 2. The third-order valence-electron chi connectivity index (χ3n) is 12.2. The Bertz CT molecular complexity index is 1420. The van der Waals surface area contributed by atoms with Crippen LogP contribution in [0.25, 0.3) is 0 Å². The van der Waals surface area contributed by atoms with Crippen molar-refractivity contribution in [2.24, 2.45) is 0 Å². The summed E-state index contributed by atoms with van der Waals surface area (Å²) in [6.07, 6.45) is 65.1. The minimum atomic E-state index is -4.68. The molecule has 0 spiro atoms. The molecule has 0 saturated heterocycles. The molecule has 0 radical (unpaired) electrons.